The second-order valence-electron chi connectivity index (χ2n) is 5.98. The lowest BCUT2D eigenvalue weighted by Gasteiger charge is -2.17. The summed E-state index contributed by atoms with van der Waals surface area (Å²) in [6.45, 7) is 4.11. The van der Waals surface area contributed by atoms with Gasteiger partial charge in [-0.1, -0.05) is 6.92 Å². The number of hydrogen-bond acceptors (Lipinski definition) is 3. The third-order valence-electron chi connectivity index (χ3n) is 4.28. The largest absolute Gasteiger partial charge is 0.396 e. The van der Waals surface area contributed by atoms with Crippen molar-refractivity contribution in [3.05, 3.63) is 29.6 Å². The number of nitrogens with one attached hydrogen (secondary N) is 1. The molecule has 2 atom stereocenters. The van der Waals surface area contributed by atoms with Crippen LogP contribution < -0.4 is 11.1 Å². The fourth-order valence-corrected chi connectivity index (χ4v) is 2.87. The van der Waals surface area contributed by atoms with Crippen LogP contribution in [0.5, 0.6) is 0 Å². The number of nitrogens with zero attached hydrogens (tertiary/aromatic N) is 1. The molecule has 1 saturated carbocycles. The molecule has 3 rings (SSSR count). The Hall–Kier alpha value is -1.62. The van der Waals surface area contributed by atoms with Crippen LogP contribution in [0.3, 0.4) is 0 Å². The normalized spacial score (nSPS) is 26.7. The number of rotatable bonds is 3. The molecular weight excluding hydrogens is 257 g/mol. The molecular formula is C15H20FN3O. The molecule has 0 aromatic heterocycles. The van der Waals surface area contributed by atoms with Crippen LogP contribution in [0.1, 0.15) is 30.1 Å². The van der Waals surface area contributed by atoms with E-state index in [4.69, 9.17) is 5.73 Å². The maximum atomic E-state index is 13.1. The van der Waals surface area contributed by atoms with Gasteiger partial charge >= 0.3 is 0 Å². The molecule has 3 N–H and O–H groups in total. The molecule has 1 aliphatic carbocycles. The SMILES string of the molecule is CC1CN(C2CC2)CC1NC(=O)c1ccc(F)c(N)c1. The van der Waals surface area contributed by atoms with Gasteiger partial charge in [0, 0.05) is 30.7 Å². The number of nitrogens with two attached hydrogens (primary N) is 1. The Morgan fingerprint density at radius 2 is 2.15 bits per heavy atom. The maximum absolute atomic E-state index is 13.1. The van der Waals surface area contributed by atoms with Crippen molar-refractivity contribution in [1.29, 1.82) is 0 Å². The molecule has 4 nitrogen and oxygen atoms in total. The lowest BCUT2D eigenvalue weighted by molar-refractivity contribution is 0.0931. The number of nitrogen functional groups attached to an aromatic ring is 1. The Labute approximate surface area is 118 Å². The van der Waals surface area contributed by atoms with Crippen molar-refractivity contribution in [2.45, 2.75) is 31.8 Å². The fraction of sp³-hybridized carbons (Fsp3) is 0.533. The van der Waals surface area contributed by atoms with Crippen molar-refractivity contribution in [2.24, 2.45) is 5.92 Å². The molecule has 20 heavy (non-hydrogen) atoms. The number of carbonyl (C=O) groups excluding carboxylic acids is 1. The lowest BCUT2D eigenvalue weighted by atomic mass is 10.1. The minimum atomic E-state index is -0.490. The van der Waals surface area contributed by atoms with E-state index in [0.29, 0.717) is 11.5 Å². The molecule has 1 aromatic carbocycles. The third kappa shape index (κ3) is 2.63. The molecule has 2 fully saturated rings. The van der Waals surface area contributed by atoms with E-state index in [2.05, 4.69) is 17.1 Å². The van der Waals surface area contributed by atoms with E-state index in [9.17, 15) is 9.18 Å². The van der Waals surface area contributed by atoms with Crippen LogP contribution in [0, 0.1) is 11.7 Å². The smallest absolute Gasteiger partial charge is 0.251 e. The highest BCUT2D eigenvalue weighted by atomic mass is 19.1. The monoisotopic (exact) mass is 277 g/mol. The minimum absolute atomic E-state index is 0.0109. The molecule has 1 heterocycles. The van der Waals surface area contributed by atoms with E-state index < -0.39 is 5.82 Å². The summed E-state index contributed by atoms with van der Waals surface area (Å²) in [5.74, 6) is -0.223. The molecule has 0 radical (unpaired) electrons. The number of benzene rings is 1. The highest BCUT2D eigenvalue weighted by Crippen LogP contribution is 2.31. The quantitative estimate of drug-likeness (QED) is 0.825. The number of hydrogen-bond donors (Lipinski definition) is 2. The molecule has 1 saturated heterocycles. The van der Waals surface area contributed by atoms with E-state index >= 15 is 0 Å². The Balaban J connectivity index is 1.64. The average Bonchev–Trinajstić information content (AvgIpc) is 3.19. The first-order chi connectivity index (χ1) is 9.54. The van der Waals surface area contributed by atoms with Crippen LogP contribution >= 0.6 is 0 Å². The van der Waals surface area contributed by atoms with Crippen LogP contribution in [-0.2, 0) is 0 Å². The van der Waals surface area contributed by atoms with Gasteiger partial charge in [0.05, 0.1) is 5.69 Å². The minimum Gasteiger partial charge on any atom is -0.396 e. The molecule has 2 aliphatic rings. The molecule has 108 valence electrons. The Morgan fingerprint density at radius 3 is 2.80 bits per heavy atom. The number of anilines is 1. The Bertz CT molecular complexity index is 530. The van der Waals surface area contributed by atoms with Crippen molar-refractivity contribution < 1.29 is 9.18 Å². The molecule has 5 heteroatoms. The molecule has 1 amide bonds. The van der Waals surface area contributed by atoms with Gasteiger partial charge in [-0.15, -0.1) is 0 Å². The predicted molar refractivity (Wildman–Crippen MR) is 75.8 cm³/mol. The highest BCUT2D eigenvalue weighted by molar-refractivity contribution is 5.95. The number of carbonyl (C=O) groups is 1. The molecule has 1 aromatic rings. The van der Waals surface area contributed by atoms with Gasteiger partial charge in [-0.2, -0.15) is 0 Å². The van der Waals surface area contributed by atoms with E-state index in [-0.39, 0.29) is 17.6 Å². The van der Waals surface area contributed by atoms with Crippen LogP contribution in [0.25, 0.3) is 0 Å². The first kappa shape index (κ1) is 13.4. The van der Waals surface area contributed by atoms with E-state index in [1.54, 1.807) is 0 Å². The van der Waals surface area contributed by atoms with Gasteiger partial charge in [0.15, 0.2) is 0 Å². The zero-order valence-corrected chi connectivity index (χ0v) is 11.6. The van der Waals surface area contributed by atoms with Gasteiger partial charge in [-0.25, -0.2) is 4.39 Å². The zero-order valence-electron chi connectivity index (χ0n) is 11.6. The second kappa shape index (κ2) is 5.05. The summed E-state index contributed by atoms with van der Waals surface area (Å²) in [5.41, 5.74) is 5.93. The standard InChI is InChI=1S/C15H20FN3O/c1-9-7-19(11-3-4-11)8-14(9)18-15(20)10-2-5-12(16)13(17)6-10/h2,5-6,9,11,14H,3-4,7-8,17H2,1H3,(H,18,20). The summed E-state index contributed by atoms with van der Waals surface area (Å²) >= 11 is 0. The summed E-state index contributed by atoms with van der Waals surface area (Å²) in [4.78, 5) is 14.6. The van der Waals surface area contributed by atoms with E-state index in [1.807, 2.05) is 0 Å². The highest BCUT2D eigenvalue weighted by Gasteiger charge is 2.38. The summed E-state index contributed by atoms with van der Waals surface area (Å²) in [7, 11) is 0. The topological polar surface area (TPSA) is 58.4 Å². The van der Waals surface area contributed by atoms with Crippen molar-refractivity contribution in [2.75, 3.05) is 18.8 Å². The summed E-state index contributed by atoms with van der Waals surface area (Å²) < 4.78 is 13.1. The number of halogens is 1. The van der Waals surface area contributed by atoms with Crippen molar-refractivity contribution in [3.8, 4) is 0 Å². The van der Waals surface area contributed by atoms with Gasteiger partial charge in [0.1, 0.15) is 5.82 Å². The Kier molecular flexibility index (Phi) is 3.38. The fourth-order valence-electron chi connectivity index (χ4n) is 2.87. The molecule has 2 unspecified atom stereocenters. The number of amides is 1. The van der Waals surface area contributed by atoms with Gasteiger partial charge in [-0.3, -0.25) is 9.69 Å². The van der Waals surface area contributed by atoms with Crippen LogP contribution in [0.4, 0.5) is 10.1 Å². The first-order valence-electron chi connectivity index (χ1n) is 7.14. The summed E-state index contributed by atoms with van der Waals surface area (Å²) in [6.07, 6.45) is 2.56. The lowest BCUT2D eigenvalue weighted by Crippen LogP contribution is -2.40. The van der Waals surface area contributed by atoms with Crippen molar-refractivity contribution in [3.63, 3.8) is 0 Å². The van der Waals surface area contributed by atoms with Crippen LogP contribution in [0.15, 0.2) is 18.2 Å². The van der Waals surface area contributed by atoms with Gasteiger partial charge in [-0.05, 0) is 37.0 Å². The van der Waals surface area contributed by atoms with Gasteiger partial charge in [0.2, 0.25) is 0 Å². The maximum Gasteiger partial charge on any atom is 0.251 e. The zero-order chi connectivity index (χ0) is 14.3. The number of likely N-dealkylation sites (tertiary alicyclic amines) is 1. The average molecular weight is 277 g/mol. The Morgan fingerprint density at radius 1 is 1.40 bits per heavy atom. The molecule has 0 bridgehead atoms. The summed E-state index contributed by atoms with van der Waals surface area (Å²) in [6, 6.07) is 4.98. The van der Waals surface area contributed by atoms with Crippen molar-refractivity contribution >= 4 is 11.6 Å². The second-order valence-corrected chi connectivity index (χ2v) is 5.98. The van der Waals surface area contributed by atoms with Crippen molar-refractivity contribution in [1.82, 2.24) is 10.2 Å². The van der Waals surface area contributed by atoms with Crippen LogP contribution in [0.2, 0.25) is 0 Å². The van der Waals surface area contributed by atoms with Gasteiger partial charge in [0.25, 0.3) is 5.91 Å². The summed E-state index contributed by atoms with van der Waals surface area (Å²) in [5, 5.41) is 3.05. The first-order valence-corrected chi connectivity index (χ1v) is 7.14. The van der Waals surface area contributed by atoms with Crippen LogP contribution in [-0.4, -0.2) is 36.0 Å². The van der Waals surface area contributed by atoms with E-state index in [1.165, 1.54) is 31.0 Å². The predicted octanol–water partition coefficient (Wildman–Crippen LogP) is 1.62. The third-order valence-corrected chi connectivity index (χ3v) is 4.28. The molecule has 1 aliphatic heterocycles. The van der Waals surface area contributed by atoms with E-state index in [0.717, 1.165) is 19.1 Å². The van der Waals surface area contributed by atoms with Gasteiger partial charge < -0.3 is 11.1 Å². The molecule has 0 spiro atoms.